The van der Waals surface area contributed by atoms with Gasteiger partial charge in [-0.2, -0.15) is 0 Å². The molecule has 4 aromatic rings. The van der Waals surface area contributed by atoms with E-state index in [0.717, 1.165) is 28.3 Å². The summed E-state index contributed by atoms with van der Waals surface area (Å²) in [5.74, 6) is 0. The molecule has 0 fully saturated rings. The molecule has 37 heavy (non-hydrogen) atoms. The summed E-state index contributed by atoms with van der Waals surface area (Å²) in [5.41, 5.74) is 13.1. The Balaban J connectivity index is 1.55. The Morgan fingerprint density at radius 2 is 1.57 bits per heavy atom. The number of rotatable bonds is 5. The van der Waals surface area contributed by atoms with Crippen molar-refractivity contribution in [2.75, 3.05) is 4.90 Å². The number of benzene rings is 4. The van der Waals surface area contributed by atoms with Crippen LogP contribution in [0.25, 0.3) is 38.7 Å². The lowest BCUT2D eigenvalue weighted by atomic mass is 9.90. The van der Waals surface area contributed by atoms with Gasteiger partial charge in [-0.3, -0.25) is 4.99 Å². The Morgan fingerprint density at radius 1 is 0.811 bits per heavy atom. The van der Waals surface area contributed by atoms with Gasteiger partial charge >= 0.3 is 0 Å². The normalized spacial score (nSPS) is 14.4. The fourth-order valence-electron chi connectivity index (χ4n) is 5.12. The molecule has 2 heteroatoms. The number of allylic oxidation sites excluding steroid dienone is 5. The molecule has 0 saturated heterocycles. The number of anilines is 1. The van der Waals surface area contributed by atoms with Gasteiger partial charge in [0.25, 0.3) is 0 Å². The maximum Gasteiger partial charge on any atom is 0.0945 e. The van der Waals surface area contributed by atoms with E-state index in [0.29, 0.717) is 0 Å². The molecular formula is C35H26N2. The van der Waals surface area contributed by atoms with Gasteiger partial charge in [0, 0.05) is 23.2 Å². The van der Waals surface area contributed by atoms with Crippen LogP contribution in [-0.2, 0) is 0 Å². The molecule has 4 aromatic carbocycles. The molecule has 0 amide bonds. The van der Waals surface area contributed by atoms with Crippen molar-refractivity contribution in [1.29, 1.82) is 0 Å². The molecule has 6 rings (SSSR count). The van der Waals surface area contributed by atoms with Gasteiger partial charge in [0.2, 0.25) is 0 Å². The first-order valence-corrected chi connectivity index (χ1v) is 12.5. The largest absolute Gasteiger partial charge is 0.307 e. The molecule has 0 saturated carbocycles. The Morgan fingerprint density at radius 3 is 2.32 bits per heavy atom. The fourth-order valence-corrected chi connectivity index (χ4v) is 5.12. The van der Waals surface area contributed by atoms with Gasteiger partial charge in [-0.05, 0) is 71.0 Å². The van der Waals surface area contributed by atoms with Crippen LogP contribution in [0.5, 0.6) is 0 Å². The zero-order valence-corrected chi connectivity index (χ0v) is 20.7. The second-order valence-electron chi connectivity index (χ2n) is 8.96. The van der Waals surface area contributed by atoms with E-state index in [-0.39, 0.29) is 0 Å². The molecule has 0 unspecified atom stereocenters. The molecule has 0 atom stereocenters. The number of nitrogens with zero attached hydrogens (tertiary/aromatic N) is 2. The lowest BCUT2D eigenvalue weighted by Crippen LogP contribution is -2.24. The third-order valence-electron chi connectivity index (χ3n) is 6.77. The molecule has 176 valence electrons. The zero-order chi connectivity index (χ0) is 25.2. The minimum Gasteiger partial charge on any atom is -0.307 e. The average Bonchev–Trinajstić information content (AvgIpc) is 3.24. The standard InChI is InChI=1S/C35H26N2/c1-3-32-35(36-4-2)31-24-29(27-21-19-26(20-22-27)25-13-8-7-9-14-25)23-28-15-12-18-33(34(28)31)37(32)30-16-10-5-6-11-17-30/h3-10,12-24H,1H2,2H3. The van der Waals surface area contributed by atoms with Crippen molar-refractivity contribution >= 4 is 28.4 Å². The minimum absolute atomic E-state index is 0.912. The highest BCUT2D eigenvalue weighted by atomic mass is 15.2. The summed E-state index contributed by atoms with van der Waals surface area (Å²) in [7, 11) is 0. The lowest BCUT2D eigenvalue weighted by molar-refractivity contribution is 1.14. The summed E-state index contributed by atoms with van der Waals surface area (Å²) < 4.78 is 0. The summed E-state index contributed by atoms with van der Waals surface area (Å²) in [6.45, 7) is 6.14. The second-order valence-corrected chi connectivity index (χ2v) is 8.96. The van der Waals surface area contributed by atoms with Crippen LogP contribution < -0.4 is 4.90 Å². The molecule has 0 aromatic heterocycles. The highest BCUT2D eigenvalue weighted by Crippen LogP contribution is 2.46. The van der Waals surface area contributed by atoms with Crippen LogP contribution in [0.2, 0.25) is 0 Å². The van der Waals surface area contributed by atoms with Crippen molar-refractivity contribution in [2.45, 2.75) is 6.92 Å². The first kappa shape index (κ1) is 22.5. The van der Waals surface area contributed by atoms with Gasteiger partial charge < -0.3 is 4.90 Å². The van der Waals surface area contributed by atoms with E-state index in [1.165, 1.54) is 33.0 Å². The summed E-state index contributed by atoms with van der Waals surface area (Å²) in [6, 6.07) is 30.3. The third kappa shape index (κ3) is 4.00. The van der Waals surface area contributed by atoms with E-state index in [2.05, 4.69) is 102 Å². The molecule has 1 aliphatic carbocycles. The molecular weight excluding hydrogens is 448 g/mol. The van der Waals surface area contributed by atoms with Crippen molar-refractivity contribution < 1.29 is 0 Å². The lowest BCUT2D eigenvalue weighted by Gasteiger charge is -2.33. The van der Waals surface area contributed by atoms with Crippen molar-refractivity contribution in [1.82, 2.24) is 0 Å². The Labute approximate surface area is 217 Å². The summed E-state index contributed by atoms with van der Waals surface area (Å²) in [5, 5.41) is 2.36. The van der Waals surface area contributed by atoms with Crippen LogP contribution in [0.3, 0.4) is 0 Å². The van der Waals surface area contributed by atoms with Crippen LogP contribution in [0.1, 0.15) is 12.5 Å². The van der Waals surface area contributed by atoms with Gasteiger partial charge in [0.15, 0.2) is 0 Å². The maximum atomic E-state index is 4.87. The molecule has 0 radical (unpaired) electrons. The predicted octanol–water partition coefficient (Wildman–Crippen LogP) is 9.10. The maximum absolute atomic E-state index is 4.87. The molecule has 1 aliphatic heterocycles. The Kier molecular flexibility index (Phi) is 5.86. The van der Waals surface area contributed by atoms with E-state index < -0.39 is 0 Å². The highest BCUT2D eigenvalue weighted by molar-refractivity contribution is 6.10. The summed E-state index contributed by atoms with van der Waals surface area (Å²) in [6.07, 6.45) is 13.8. The molecule has 0 N–H and O–H groups in total. The number of aliphatic imine (C=N–C) groups is 1. The van der Waals surface area contributed by atoms with Gasteiger partial charge in [-0.25, -0.2) is 0 Å². The van der Waals surface area contributed by atoms with Gasteiger partial charge in [-0.1, -0.05) is 85.5 Å². The topological polar surface area (TPSA) is 15.6 Å². The van der Waals surface area contributed by atoms with E-state index in [4.69, 9.17) is 4.99 Å². The molecule has 1 heterocycles. The van der Waals surface area contributed by atoms with Crippen molar-refractivity contribution in [3.63, 3.8) is 0 Å². The van der Waals surface area contributed by atoms with Crippen molar-refractivity contribution in [3.8, 4) is 22.3 Å². The van der Waals surface area contributed by atoms with Gasteiger partial charge in [-0.15, -0.1) is 5.73 Å². The molecule has 0 bridgehead atoms. The summed E-state index contributed by atoms with van der Waals surface area (Å²) in [4.78, 5) is 7.10. The van der Waals surface area contributed by atoms with E-state index in [9.17, 15) is 0 Å². The Bertz CT molecular complexity index is 1700. The van der Waals surface area contributed by atoms with Crippen LogP contribution in [0.15, 0.2) is 150 Å². The summed E-state index contributed by atoms with van der Waals surface area (Å²) >= 11 is 0. The average molecular weight is 475 g/mol. The highest BCUT2D eigenvalue weighted by Gasteiger charge is 2.27. The van der Waals surface area contributed by atoms with E-state index >= 15 is 0 Å². The van der Waals surface area contributed by atoms with Crippen LogP contribution in [0.4, 0.5) is 5.69 Å². The predicted molar refractivity (Wildman–Crippen MR) is 158 cm³/mol. The quantitative estimate of drug-likeness (QED) is 0.208. The number of hydrogen-bond acceptors (Lipinski definition) is 2. The molecule has 2 nitrogen and oxygen atoms in total. The first-order valence-electron chi connectivity index (χ1n) is 12.5. The molecule has 0 spiro atoms. The van der Waals surface area contributed by atoms with E-state index in [1.54, 1.807) is 0 Å². The molecule has 2 aliphatic rings. The smallest absolute Gasteiger partial charge is 0.0945 e. The Hall–Kier alpha value is -4.91. The second kappa shape index (κ2) is 9.62. The monoisotopic (exact) mass is 474 g/mol. The van der Waals surface area contributed by atoms with Crippen LogP contribution in [-0.4, -0.2) is 6.21 Å². The number of hydrogen-bond donors (Lipinski definition) is 0. The van der Waals surface area contributed by atoms with E-state index in [1.807, 2.05) is 49.6 Å². The minimum atomic E-state index is 0.912. The SMILES string of the molecule is C=CC1=C(N=CC)c2cc(-c3ccc(-c4ccccc4)cc3)cc3cccc(c23)N1C1=CC=CC=C=C1. The first-order chi connectivity index (χ1) is 18.3. The van der Waals surface area contributed by atoms with Crippen molar-refractivity contribution in [3.05, 3.63) is 151 Å². The van der Waals surface area contributed by atoms with Crippen LogP contribution >= 0.6 is 0 Å². The fraction of sp³-hybridized carbons (Fsp3) is 0.0286. The van der Waals surface area contributed by atoms with Gasteiger partial charge in [0.05, 0.1) is 22.8 Å². The van der Waals surface area contributed by atoms with Crippen LogP contribution in [0, 0.1) is 0 Å². The van der Waals surface area contributed by atoms with Gasteiger partial charge in [0.1, 0.15) is 0 Å². The zero-order valence-electron chi connectivity index (χ0n) is 20.7. The third-order valence-corrected chi connectivity index (χ3v) is 6.77. The van der Waals surface area contributed by atoms with Crippen molar-refractivity contribution in [2.24, 2.45) is 4.99 Å².